The number of benzene rings is 2. The molecule has 0 saturated heterocycles. The standard InChI is InChI=1S/C29H28F3N7O4/c1-4-8-23-22(26(40)38(27-33-17(3)35-39(23)27)16-24(29(30,31)32)36-42-5-2)15-18-11-13-19(14-12-18)20-9-6-7-10-21(20)25-34-28(41)43-37-25/h6-7,9-14H,4-5,8,15-16H2,1-3H3,(H,34,37,41). The molecule has 1 N–H and O–H groups in total. The van der Waals surface area contributed by atoms with E-state index in [2.05, 4.69) is 29.9 Å². The van der Waals surface area contributed by atoms with Crippen LogP contribution in [0.3, 0.4) is 0 Å². The minimum atomic E-state index is -4.83. The van der Waals surface area contributed by atoms with Gasteiger partial charge in [0.25, 0.3) is 5.56 Å². The van der Waals surface area contributed by atoms with Crippen molar-refractivity contribution in [1.82, 2.24) is 29.3 Å². The predicted octanol–water partition coefficient (Wildman–Crippen LogP) is 4.71. The van der Waals surface area contributed by atoms with E-state index in [0.717, 1.165) is 21.3 Å². The van der Waals surface area contributed by atoms with Crippen molar-refractivity contribution in [2.24, 2.45) is 5.16 Å². The smallest absolute Gasteiger partial charge is 0.396 e. The number of hydrogen-bond donors (Lipinski definition) is 1. The molecule has 0 aliphatic carbocycles. The van der Waals surface area contributed by atoms with Crippen LogP contribution >= 0.6 is 0 Å². The average Bonchev–Trinajstić information content (AvgIpc) is 3.59. The molecule has 2 aromatic carbocycles. The van der Waals surface area contributed by atoms with E-state index in [4.69, 9.17) is 4.84 Å². The Kier molecular flexibility index (Phi) is 8.28. The first kappa shape index (κ1) is 29.5. The van der Waals surface area contributed by atoms with Gasteiger partial charge in [0.15, 0.2) is 11.5 Å². The number of alkyl halides is 3. The topological polar surface area (TPSA) is 133 Å². The molecule has 0 aliphatic rings. The molecule has 0 fully saturated rings. The van der Waals surface area contributed by atoms with E-state index in [9.17, 15) is 22.8 Å². The van der Waals surface area contributed by atoms with Crippen LogP contribution in [0.1, 0.15) is 42.9 Å². The Labute approximate surface area is 242 Å². The van der Waals surface area contributed by atoms with E-state index in [1.807, 2.05) is 49.4 Å². The first-order chi connectivity index (χ1) is 20.6. The number of hydrogen-bond acceptors (Lipinski definition) is 8. The van der Waals surface area contributed by atoms with Crippen molar-refractivity contribution < 1.29 is 22.5 Å². The van der Waals surface area contributed by atoms with Gasteiger partial charge in [0.1, 0.15) is 12.4 Å². The van der Waals surface area contributed by atoms with E-state index >= 15 is 0 Å². The van der Waals surface area contributed by atoms with Crippen molar-refractivity contribution in [2.75, 3.05) is 6.61 Å². The summed E-state index contributed by atoms with van der Waals surface area (Å²) in [6, 6.07) is 14.7. The number of H-pyrrole nitrogens is 1. The van der Waals surface area contributed by atoms with Crippen LogP contribution in [0.15, 0.2) is 67.8 Å². The molecule has 43 heavy (non-hydrogen) atoms. The number of aromatic amines is 1. The van der Waals surface area contributed by atoms with E-state index in [-0.39, 0.29) is 24.6 Å². The fourth-order valence-corrected chi connectivity index (χ4v) is 4.83. The lowest BCUT2D eigenvalue weighted by atomic mass is 9.96. The number of oxime groups is 1. The summed E-state index contributed by atoms with van der Waals surface area (Å²) in [6.07, 6.45) is -3.55. The number of nitrogens with zero attached hydrogens (tertiary/aromatic N) is 6. The van der Waals surface area contributed by atoms with E-state index < -0.39 is 29.7 Å². The number of aryl methyl sites for hydroxylation is 2. The Morgan fingerprint density at radius 2 is 1.79 bits per heavy atom. The molecular formula is C29H28F3N7O4. The minimum absolute atomic E-state index is 0.000927. The molecule has 0 amide bonds. The second kappa shape index (κ2) is 12.1. The predicted molar refractivity (Wildman–Crippen MR) is 152 cm³/mol. The first-order valence-electron chi connectivity index (χ1n) is 13.6. The molecule has 14 heteroatoms. The maximum Gasteiger partial charge on any atom is 0.439 e. The van der Waals surface area contributed by atoms with Crippen molar-refractivity contribution in [3.05, 3.63) is 92.1 Å². The lowest BCUT2D eigenvalue weighted by Crippen LogP contribution is -2.36. The van der Waals surface area contributed by atoms with Gasteiger partial charge in [0.2, 0.25) is 5.78 Å². The molecule has 3 aromatic heterocycles. The van der Waals surface area contributed by atoms with Crippen molar-refractivity contribution in [3.63, 3.8) is 0 Å². The Bertz CT molecular complexity index is 1900. The Balaban J connectivity index is 1.57. The Morgan fingerprint density at radius 1 is 1.07 bits per heavy atom. The number of halogens is 3. The third-order valence-electron chi connectivity index (χ3n) is 6.74. The molecule has 5 aromatic rings. The van der Waals surface area contributed by atoms with Gasteiger partial charge in [0.05, 0.1) is 12.2 Å². The number of nitrogens with one attached hydrogen (secondary N) is 1. The van der Waals surface area contributed by atoms with Gasteiger partial charge in [-0.1, -0.05) is 72.2 Å². The summed E-state index contributed by atoms with van der Waals surface area (Å²) >= 11 is 0. The van der Waals surface area contributed by atoms with Gasteiger partial charge in [-0.3, -0.25) is 18.9 Å². The molecule has 0 spiro atoms. The average molecular weight is 596 g/mol. The SMILES string of the molecule is CCCc1c(Cc2ccc(-c3ccccc3-c3noc(=O)[nH]3)cc2)c(=O)n(CC(=NOCC)C(F)(F)F)c2nc(C)nn12. The highest BCUT2D eigenvalue weighted by Gasteiger charge is 2.38. The molecule has 0 bridgehead atoms. The number of aromatic nitrogens is 6. The molecule has 224 valence electrons. The van der Waals surface area contributed by atoms with Gasteiger partial charge in [-0.2, -0.15) is 23.3 Å². The highest BCUT2D eigenvalue weighted by Crippen LogP contribution is 2.30. The summed E-state index contributed by atoms with van der Waals surface area (Å²) < 4.78 is 48.6. The maximum absolute atomic E-state index is 13.9. The highest BCUT2D eigenvalue weighted by molar-refractivity contribution is 5.89. The van der Waals surface area contributed by atoms with Crippen LogP contribution in [0.2, 0.25) is 0 Å². The molecule has 11 nitrogen and oxygen atoms in total. The van der Waals surface area contributed by atoms with Crippen LogP contribution in [0, 0.1) is 6.92 Å². The molecule has 0 radical (unpaired) electrons. The number of rotatable bonds is 10. The van der Waals surface area contributed by atoms with Crippen LogP contribution in [-0.4, -0.2) is 47.8 Å². The molecular weight excluding hydrogens is 567 g/mol. The monoisotopic (exact) mass is 595 g/mol. The van der Waals surface area contributed by atoms with Crippen molar-refractivity contribution in [3.8, 4) is 22.5 Å². The second-order valence-electron chi connectivity index (χ2n) is 9.75. The van der Waals surface area contributed by atoms with Gasteiger partial charge in [-0.15, -0.1) is 0 Å². The molecule has 0 saturated carbocycles. The lowest BCUT2D eigenvalue weighted by molar-refractivity contribution is -0.0644. The highest BCUT2D eigenvalue weighted by atomic mass is 19.4. The van der Waals surface area contributed by atoms with E-state index in [0.29, 0.717) is 35.5 Å². The van der Waals surface area contributed by atoms with Crippen molar-refractivity contribution >= 4 is 11.5 Å². The van der Waals surface area contributed by atoms with Crippen molar-refractivity contribution in [2.45, 2.75) is 52.8 Å². The van der Waals surface area contributed by atoms with Crippen LogP contribution in [0.4, 0.5) is 13.2 Å². The minimum Gasteiger partial charge on any atom is -0.396 e. The van der Waals surface area contributed by atoms with Crippen LogP contribution < -0.4 is 11.3 Å². The van der Waals surface area contributed by atoms with Gasteiger partial charge < -0.3 is 4.84 Å². The third kappa shape index (κ3) is 6.12. The largest absolute Gasteiger partial charge is 0.439 e. The third-order valence-corrected chi connectivity index (χ3v) is 6.74. The number of fused-ring (bicyclic) bond motifs is 1. The van der Waals surface area contributed by atoms with Crippen LogP contribution in [-0.2, 0) is 24.2 Å². The summed E-state index contributed by atoms with van der Waals surface area (Å²) in [4.78, 5) is 36.9. The van der Waals surface area contributed by atoms with Gasteiger partial charge in [-0.05, 0) is 37.0 Å². The molecule has 0 unspecified atom stereocenters. The Hall–Kier alpha value is -5.01. The normalized spacial score (nSPS) is 12.3. The first-order valence-corrected chi connectivity index (χ1v) is 13.6. The summed E-state index contributed by atoms with van der Waals surface area (Å²) in [5.74, 6) is -0.0628. The zero-order valence-corrected chi connectivity index (χ0v) is 23.6. The fraction of sp³-hybridized carbons (Fsp3) is 0.310. The summed E-state index contributed by atoms with van der Waals surface area (Å²) in [5, 5.41) is 11.5. The maximum atomic E-state index is 13.9. The Morgan fingerprint density at radius 3 is 2.42 bits per heavy atom. The van der Waals surface area contributed by atoms with Crippen LogP contribution in [0.25, 0.3) is 28.3 Å². The summed E-state index contributed by atoms with van der Waals surface area (Å²) in [6.45, 7) is 4.12. The van der Waals surface area contributed by atoms with Gasteiger partial charge >= 0.3 is 11.9 Å². The second-order valence-corrected chi connectivity index (χ2v) is 9.75. The van der Waals surface area contributed by atoms with Crippen LogP contribution in [0.5, 0.6) is 0 Å². The zero-order valence-electron chi connectivity index (χ0n) is 23.6. The summed E-state index contributed by atoms with van der Waals surface area (Å²) in [5.41, 5.74) is 2.05. The van der Waals surface area contributed by atoms with Crippen molar-refractivity contribution in [1.29, 1.82) is 0 Å². The van der Waals surface area contributed by atoms with Gasteiger partial charge in [-0.25, -0.2) is 9.31 Å². The zero-order chi connectivity index (χ0) is 30.7. The molecule has 3 heterocycles. The fourth-order valence-electron chi connectivity index (χ4n) is 4.83. The molecule has 0 atom stereocenters. The summed E-state index contributed by atoms with van der Waals surface area (Å²) in [7, 11) is 0. The quantitative estimate of drug-likeness (QED) is 0.183. The molecule has 0 aliphatic heterocycles. The molecule has 5 rings (SSSR count). The van der Waals surface area contributed by atoms with E-state index in [1.54, 1.807) is 13.0 Å². The lowest BCUT2D eigenvalue weighted by Gasteiger charge is -2.17. The van der Waals surface area contributed by atoms with E-state index in [1.165, 1.54) is 11.4 Å². The van der Waals surface area contributed by atoms with Gasteiger partial charge in [0, 0.05) is 17.5 Å².